The standard InChI is InChI=1S/C60H69N7O12/c1-7-42(39-32-37(2)56(77-6)53(34-39)76-5)58(71)66-31-11-10-17-48(66)60(73)79-50(26-19-38-20-27-51(74-3)52(33-38)75-4)44-14-8-9-18-49(44)78-36-55(69)62-30-13-29-61-40-21-23-41(24-22-40)64-65-46-16-12-15-43-45(46)35-67(59(43)72)47-25-28-54(68)63-57(47)70/h8-9,12,14-16,18,20-24,27,32-34,42,47-48,50,61H,7,10-11,13,17,19,25-26,28-31,35-36H2,1-6H3,(H,62,69)(H,63,68,70)/t42-,47?,48-,50+/m0/s1. The minimum absolute atomic E-state index is 0.157. The fourth-order valence-electron chi connectivity index (χ4n) is 10.4. The Balaban J connectivity index is 0.865. The van der Waals surface area contributed by atoms with Gasteiger partial charge in [-0.15, -0.1) is 0 Å². The quantitative estimate of drug-likeness (QED) is 0.0227. The number of nitrogens with zero attached hydrogens (tertiary/aromatic N) is 4. The van der Waals surface area contributed by atoms with Gasteiger partial charge in [-0.2, -0.15) is 10.2 Å². The van der Waals surface area contributed by atoms with Crippen molar-refractivity contribution in [2.24, 2.45) is 10.2 Å². The monoisotopic (exact) mass is 1080 g/mol. The number of aryl methyl sites for hydroxylation is 2. The third kappa shape index (κ3) is 13.6. The Labute approximate surface area is 460 Å². The highest BCUT2D eigenvalue weighted by molar-refractivity contribution is 6.06. The van der Waals surface area contributed by atoms with Crippen molar-refractivity contribution < 1.29 is 57.2 Å². The van der Waals surface area contributed by atoms with Crippen molar-refractivity contribution >= 4 is 52.6 Å². The molecule has 5 aromatic rings. The van der Waals surface area contributed by atoms with Gasteiger partial charge < -0.3 is 48.9 Å². The van der Waals surface area contributed by atoms with Crippen molar-refractivity contribution in [3.8, 4) is 28.7 Å². The minimum atomic E-state index is -0.815. The molecule has 0 bridgehead atoms. The molecule has 5 amide bonds. The van der Waals surface area contributed by atoms with Crippen LogP contribution in [0.2, 0.25) is 0 Å². The summed E-state index contributed by atoms with van der Waals surface area (Å²) in [6, 6.07) is 27.7. The van der Waals surface area contributed by atoms with E-state index in [-0.39, 0.29) is 49.6 Å². The molecule has 0 saturated carbocycles. The molecule has 3 aliphatic heterocycles. The molecule has 19 heteroatoms. The van der Waals surface area contributed by atoms with Crippen molar-refractivity contribution in [3.63, 3.8) is 0 Å². The first kappa shape index (κ1) is 56.7. The number of carbonyl (C=O) groups is 6. The molecule has 8 rings (SSSR count). The van der Waals surface area contributed by atoms with Crippen LogP contribution in [-0.4, -0.2) is 112 Å². The Morgan fingerprint density at radius 1 is 0.797 bits per heavy atom. The summed E-state index contributed by atoms with van der Waals surface area (Å²) < 4.78 is 34.9. The van der Waals surface area contributed by atoms with Gasteiger partial charge in [-0.25, -0.2) is 4.79 Å². The number of anilines is 1. The lowest BCUT2D eigenvalue weighted by atomic mass is 9.91. The first-order chi connectivity index (χ1) is 38.3. The van der Waals surface area contributed by atoms with Crippen molar-refractivity contribution in [2.75, 3.05) is 60.0 Å². The number of amides is 5. The molecular weight excluding hydrogens is 1010 g/mol. The number of ether oxygens (including phenoxy) is 6. The van der Waals surface area contributed by atoms with Gasteiger partial charge in [0.15, 0.2) is 29.6 Å². The number of azo groups is 1. The fraction of sp³-hybridized carbons (Fsp3) is 0.400. The molecule has 19 nitrogen and oxygen atoms in total. The van der Waals surface area contributed by atoms with Gasteiger partial charge in [0.1, 0.15) is 23.9 Å². The largest absolute Gasteiger partial charge is 0.493 e. The molecular formula is C60H69N7O12. The Morgan fingerprint density at radius 3 is 2.33 bits per heavy atom. The normalized spacial score (nSPS) is 16.9. The number of fused-ring (bicyclic) bond motifs is 1. The van der Waals surface area contributed by atoms with E-state index >= 15 is 0 Å². The van der Waals surface area contributed by atoms with Gasteiger partial charge >= 0.3 is 5.97 Å². The van der Waals surface area contributed by atoms with E-state index < -0.39 is 36.0 Å². The van der Waals surface area contributed by atoms with Gasteiger partial charge in [0.2, 0.25) is 17.7 Å². The third-order valence-electron chi connectivity index (χ3n) is 14.6. The molecule has 2 saturated heterocycles. The summed E-state index contributed by atoms with van der Waals surface area (Å²) in [5, 5.41) is 17.4. The smallest absolute Gasteiger partial charge is 0.329 e. The van der Waals surface area contributed by atoms with Crippen LogP contribution in [0.1, 0.15) is 108 Å². The predicted molar refractivity (Wildman–Crippen MR) is 295 cm³/mol. The molecule has 4 atom stereocenters. The van der Waals surface area contributed by atoms with E-state index in [1.807, 2.05) is 80.6 Å². The number of hydrogen-bond acceptors (Lipinski definition) is 15. The van der Waals surface area contributed by atoms with Gasteiger partial charge in [0.05, 0.1) is 45.7 Å². The first-order valence-corrected chi connectivity index (χ1v) is 26.8. The first-order valence-electron chi connectivity index (χ1n) is 26.8. The lowest BCUT2D eigenvalue weighted by Gasteiger charge is -2.37. The average molecular weight is 1080 g/mol. The Kier molecular flexibility index (Phi) is 19.2. The second-order valence-corrected chi connectivity index (χ2v) is 19.6. The lowest BCUT2D eigenvalue weighted by molar-refractivity contribution is -0.162. The zero-order chi connectivity index (χ0) is 56.0. The summed E-state index contributed by atoms with van der Waals surface area (Å²) in [5.41, 5.74) is 6.22. The highest BCUT2D eigenvalue weighted by atomic mass is 16.5. The summed E-state index contributed by atoms with van der Waals surface area (Å²) in [5.74, 6) is 0.0523. The SMILES string of the molecule is CC[C@H](C(=O)N1CCCC[C@H]1C(=O)O[C@H](CCc1ccc(OC)c(OC)c1)c1ccccc1OCC(=O)NCCCNc1ccc(N=Nc2cccc3c2CN(C2CCC(=O)NC2=O)C3=O)cc1)c1cc(C)c(OC)c(OC)c1. The second kappa shape index (κ2) is 26.7. The summed E-state index contributed by atoms with van der Waals surface area (Å²) in [6.07, 6.45) is 3.53. The van der Waals surface area contributed by atoms with Crippen LogP contribution in [0.15, 0.2) is 107 Å². The van der Waals surface area contributed by atoms with Gasteiger partial charge in [0.25, 0.3) is 11.8 Å². The van der Waals surface area contributed by atoms with Crippen LogP contribution in [-0.2, 0) is 41.7 Å². The zero-order valence-corrected chi connectivity index (χ0v) is 45.6. The number of likely N-dealkylation sites (tertiary alicyclic amines) is 1. The van der Waals surface area contributed by atoms with Gasteiger partial charge in [-0.1, -0.05) is 43.3 Å². The average Bonchev–Trinajstić information content (AvgIpc) is 3.95. The van der Waals surface area contributed by atoms with Crippen molar-refractivity contribution in [3.05, 3.63) is 130 Å². The third-order valence-corrected chi connectivity index (χ3v) is 14.6. The topological polar surface area (TPSA) is 225 Å². The second-order valence-electron chi connectivity index (χ2n) is 19.6. The maximum absolute atomic E-state index is 14.6. The van der Waals surface area contributed by atoms with E-state index in [4.69, 9.17) is 28.4 Å². The van der Waals surface area contributed by atoms with E-state index in [0.717, 1.165) is 35.2 Å². The van der Waals surface area contributed by atoms with E-state index in [1.54, 1.807) is 63.7 Å². The van der Waals surface area contributed by atoms with E-state index in [9.17, 15) is 28.8 Å². The van der Waals surface area contributed by atoms with Crippen LogP contribution in [0.25, 0.3) is 0 Å². The Bertz CT molecular complexity index is 3060. The predicted octanol–water partition coefficient (Wildman–Crippen LogP) is 9.00. The van der Waals surface area contributed by atoms with Gasteiger partial charge in [-0.05, 0) is 136 Å². The Morgan fingerprint density at radius 2 is 1.58 bits per heavy atom. The molecule has 1 unspecified atom stereocenters. The number of methoxy groups -OCH3 is 4. The van der Waals surface area contributed by atoms with Crippen LogP contribution in [0.5, 0.6) is 28.7 Å². The summed E-state index contributed by atoms with van der Waals surface area (Å²) in [6.45, 7) is 5.12. The number of esters is 1. The molecule has 79 heavy (non-hydrogen) atoms. The van der Waals surface area contributed by atoms with Crippen molar-refractivity contribution in [1.82, 2.24) is 20.4 Å². The maximum atomic E-state index is 14.6. The number of rotatable bonds is 24. The minimum Gasteiger partial charge on any atom is -0.493 e. The number of hydrogen-bond donors (Lipinski definition) is 3. The number of nitrogens with one attached hydrogen (secondary N) is 3. The Hall–Kier alpha value is -8.48. The van der Waals surface area contributed by atoms with Crippen LogP contribution in [0.4, 0.5) is 17.1 Å². The van der Waals surface area contributed by atoms with Gasteiger partial charge in [-0.3, -0.25) is 29.3 Å². The highest BCUT2D eigenvalue weighted by Gasteiger charge is 2.41. The van der Waals surface area contributed by atoms with E-state index in [2.05, 4.69) is 26.2 Å². The molecule has 2 fully saturated rings. The summed E-state index contributed by atoms with van der Waals surface area (Å²) >= 11 is 0. The number of imide groups is 1. The molecule has 0 aromatic heterocycles. The maximum Gasteiger partial charge on any atom is 0.329 e. The lowest BCUT2D eigenvalue weighted by Crippen LogP contribution is -2.52. The highest BCUT2D eigenvalue weighted by Crippen LogP contribution is 2.39. The van der Waals surface area contributed by atoms with Crippen LogP contribution < -0.4 is 39.6 Å². The molecule has 3 aliphatic rings. The van der Waals surface area contributed by atoms with E-state index in [0.29, 0.717) is 109 Å². The van der Waals surface area contributed by atoms with Crippen molar-refractivity contribution in [2.45, 2.75) is 102 Å². The summed E-state index contributed by atoms with van der Waals surface area (Å²) in [7, 11) is 6.29. The molecule has 0 aliphatic carbocycles. The molecule has 0 spiro atoms. The molecule has 3 N–H and O–H groups in total. The van der Waals surface area contributed by atoms with Gasteiger partial charge in [0, 0.05) is 55.0 Å². The van der Waals surface area contributed by atoms with Crippen LogP contribution in [0.3, 0.4) is 0 Å². The molecule has 3 heterocycles. The molecule has 416 valence electrons. The summed E-state index contributed by atoms with van der Waals surface area (Å²) in [4.78, 5) is 82.9. The van der Waals surface area contributed by atoms with E-state index in [1.165, 1.54) is 4.90 Å². The zero-order valence-electron chi connectivity index (χ0n) is 45.6. The van der Waals surface area contributed by atoms with Crippen LogP contribution in [0, 0.1) is 6.92 Å². The van der Waals surface area contributed by atoms with Crippen LogP contribution >= 0.6 is 0 Å². The van der Waals surface area contributed by atoms with Crippen molar-refractivity contribution in [1.29, 1.82) is 0 Å². The number of carbonyl (C=O) groups excluding carboxylic acids is 6. The fourth-order valence-corrected chi connectivity index (χ4v) is 10.4. The molecule has 0 radical (unpaired) electrons. The number of para-hydroxylation sites is 1. The number of benzene rings is 5. The molecule has 5 aromatic carbocycles. The number of piperidine rings is 2.